The molecule has 30 heavy (non-hydrogen) atoms. The lowest BCUT2D eigenvalue weighted by molar-refractivity contribution is -0.119. The summed E-state index contributed by atoms with van der Waals surface area (Å²) in [6, 6.07) is 3.99. The Morgan fingerprint density at radius 3 is 2.23 bits per heavy atom. The summed E-state index contributed by atoms with van der Waals surface area (Å²) in [5, 5.41) is 3.12. The Hall–Kier alpha value is -3.09. The van der Waals surface area contributed by atoms with Gasteiger partial charge < -0.3 is 10.2 Å². The van der Waals surface area contributed by atoms with Crippen LogP contribution in [-0.2, 0) is 9.59 Å². The molecule has 1 N–H and O–H groups in total. The molecule has 3 heterocycles. The number of aryl methyl sites for hydroxylation is 1. The Morgan fingerprint density at radius 1 is 1.03 bits per heavy atom. The molecule has 2 aromatic heterocycles. The van der Waals surface area contributed by atoms with E-state index in [1.807, 2.05) is 19.2 Å². The number of ketones is 2. The molecule has 7 nitrogen and oxygen atoms in total. The molecule has 0 bridgehead atoms. The fraction of sp³-hybridized carbons (Fsp3) is 0.435. The minimum absolute atomic E-state index is 0.187. The van der Waals surface area contributed by atoms with Crippen molar-refractivity contribution in [3.05, 3.63) is 41.4 Å². The van der Waals surface area contributed by atoms with Crippen LogP contribution < -0.4 is 10.2 Å². The number of pyridine rings is 1. The second-order valence-electron chi connectivity index (χ2n) is 8.00. The van der Waals surface area contributed by atoms with E-state index in [1.54, 1.807) is 13.1 Å². The highest BCUT2D eigenvalue weighted by molar-refractivity contribution is 6.23. The normalized spacial score (nSPS) is 14.4. The summed E-state index contributed by atoms with van der Waals surface area (Å²) >= 11 is 0. The average Bonchev–Trinajstić information content (AvgIpc) is 2.69. The first-order chi connectivity index (χ1) is 14.3. The number of piperidine rings is 1. The van der Waals surface area contributed by atoms with Gasteiger partial charge >= 0.3 is 0 Å². The molecule has 0 spiro atoms. The summed E-state index contributed by atoms with van der Waals surface area (Å²) in [6.07, 6.45) is 5.93. The van der Waals surface area contributed by atoms with Crippen molar-refractivity contribution in [2.45, 2.75) is 47.5 Å². The molecule has 3 rings (SSSR count). The molecule has 0 saturated carbocycles. The van der Waals surface area contributed by atoms with E-state index in [0.717, 1.165) is 24.7 Å². The van der Waals surface area contributed by atoms with Gasteiger partial charge in [-0.15, -0.1) is 0 Å². The van der Waals surface area contributed by atoms with E-state index in [2.05, 4.69) is 38.2 Å². The van der Waals surface area contributed by atoms with E-state index in [9.17, 15) is 9.59 Å². The van der Waals surface area contributed by atoms with E-state index >= 15 is 0 Å². The van der Waals surface area contributed by atoms with Crippen LogP contribution in [0, 0.1) is 12.8 Å². The number of Topliss-reactive ketones (excluding diaryl/α,β-unsaturated/α-hetero) is 2. The van der Waals surface area contributed by atoms with Crippen molar-refractivity contribution < 1.29 is 9.59 Å². The second-order valence-corrected chi connectivity index (χ2v) is 8.00. The van der Waals surface area contributed by atoms with Crippen molar-refractivity contribution in [1.29, 1.82) is 0 Å². The van der Waals surface area contributed by atoms with Crippen LogP contribution in [0.15, 0.2) is 30.1 Å². The molecule has 0 amide bonds. The molecule has 0 aromatic carbocycles. The van der Waals surface area contributed by atoms with Crippen LogP contribution in [0.2, 0.25) is 0 Å². The third-order valence-electron chi connectivity index (χ3n) is 5.60. The first-order valence-electron chi connectivity index (χ1n) is 10.3. The van der Waals surface area contributed by atoms with E-state index in [-0.39, 0.29) is 17.1 Å². The Labute approximate surface area is 177 Å². The molecule has 158 valence electrons. The number of nitrogens with one attached hydrogen (secondary N) is 1. The van der Waals surface area contributed by atoms with Gasteiger partial charge in [0.1, 0.15) is 5.82 Å². The van der Waals surface area contributed by atoms with Gasteiger partial charge in [0.15, 0.2) is 11.6 Å². The maximum Gasteiger partial charge on any atom is 0.228 e. The monoisotopic (exact) mass is 407 g/mol. The first kappa shape index (κ1) is 21.6. The molecule has 0 unspecified atom stereocenters. The maximum absolute atomic E-state index is 11.8. The number of hydrogen-bond donors (Lipinski definition) is 1. The fourth-order valence-corrected chi connectivity index (χ4v) is 3.83. The number of anilines is 3. The van der Waals surface area contributed by atoms with Gasteiger partial charge in [-0.05, 0) is 64.2 Å². The summed E-state index contributed by atoms with van der Waals surface area (Å²) in [5.41, 5.74) is 3.28. The molecular formula is C23H29N5O2. The topological polar surface area (TPSA) is 88.1 Å². The van der Waals surface area contributed by atoms with Crippen molar-refractivity contribution in [3.63, 3.8) is 0 Å². The van der Waals surface area contributed by atoms with Crippen LogP contribution in [0.5, 0.6) is 0 Å². The summed E-state index contributed by atoms with van der Waals surface area (Å²) in [6.45, 7) is 10.8. The van der Waals surface area contributed by atoms with Crippen LogP contribution in [0.3, 0.4) is 0 Å². The molecule has 0 atom stereocenters. The van der Waals surface area contributed by atoms with Crippen molar-refractivity contribution in [2.24, 2.45) is 5.92 Å². The zero-order valence-corrected chi connectivity index (χ0v) is 18.3. The summed E-state index contributed by atoms with van der Waals surface area (Å²) in [4.78, 5) is 39.4. The average molecular weight is 408 g/mol. The predicted octanol–water partition coefficient (Wildman–Crippen LogP) is 4.11. The summed E-state index contributed by atoms with van der Waals surface area (Å²) in [7, 11) is 0. The van der Waals surface area contributed by atoms with Gasteiger partial charge in [0, 0.05) is 24.8 Å². The van der Waals surface area contributed by atoms with Crippen molar-refractivity contribution >= 4 is 34.6 Å². The molecule has 2 aromatic rings. The number of nitrogens with zero attached hydrogens (tertiary/aromatic N) is 4. The van der Waals surface area contributed by atoms with Crippen molar-refractivity contribution in [2.75, 3.05) is 23.3 Å². The number of carbonyl (C=O) groups is 2. The van der Waals surface area contributed by atoms with Gasteiger partial charge in [0.05, 0.1) is 23.2 Å². The number of hydrogen-bond acceptors (Lipinski definition) is 7. The second kappa shape index (κ2) is 9.15. The Bertz CT molecular complexity index is 958. The SMILES string of the molecule is CC(=O)C(C(C)=O)=C(C)c1cnc(Nc2ccc(N3CCC(C)CC3)cn2)nc1C. The molecule has 0 aliphatic carbocycles. The Morgan fingerprint density at radius 2 is 1.70 bits per heavy atom. The lowest BCUT2D eigenvalue weighted by atomic mass is 9.96. The van der Waals surface area contributed by atoms with Crippen LogP contribution >= 0.6 is 0 Å². The van der Waals surface area contributed by atoms with Gasteiger partial charge in [0.2, 0.25) is 5.95 Å². The number of aromatic nitrogens is 3. The molecule has 1 aliphatic rings. The quantitative estimate of drug-likeness (QED) is 0.438. The highest BCUT2D eigenvalue weighted by Crippen LogP contribution is 2.25. The highest BCUT2D eigenvalue weighted by Gasteiger charge is 2.18. The highest BCUT2D eigenvalue weighted by atomic mass is 16.1. The van der Waals surface area contributed by atoms with Gasteiger partial charge in [-0.2, -0.15) is 0 Å². The zero-order chi connectivity index (χ0) is 21.8. The minimum Gasteiger partial charge on any atom is -0.370 e. The van der Waals surface area contributed by atoms with Crippen molar-refractivity contribution in [3.8, 4) is 0 Å². The van der Waals surface area contributed by atoms with E-state index in [4.69, 9.17) is 0 Å². The van der Waals surface area contributed by atoms with Crippen LogP contribution in [-0.4, -0.2) is 39.6 Å². The lowest BCUT2D eigenvalue weighted by Crippen LogP contribution is -2.32. The van der Waals surface area contributed by atoms with Gasteiger partial charge in [-0.3, -0.25) is 9.59 Å². The Kier molecular flexibility index (Phi) is 6.59. The number of rotatable bonds is 6. The zero-order valence-electron chi connectivity index (χ0n) is 18.3. The standard InChI is InChI=1S/C23H29N5O2/c1-14-8-10-28(11-9-14)19-6-7-21(24-12-19)27-23-25-13-20(16(3)26-23)15(2)22(17(4)29)18(5)30/h6-7,12-14H,8-11H2,1-5H3,(H,24,25,26,27). The maximum atomic E-state index is 11.8. The number of allylic oxidation sites excluding steroid dienone is 2. The van der Waals surface area contributed by atoms with Crippen LogP contribution in [0.4, 0.5) is 17.5 Å². The number of carbonyl (C=O) groups excluding carboxylic acids is 2. The molecule has 1 fully saturated rings. The molecule has 1 saturated heterocycles. The first-order valence-corrected chi connectivity index (χ1v) is 10.3. The smallest absolute Gasteiger partial charge is 0.228 e. The Balaban J connectivity index is 1.75. The largest absolute Gasteiger partial charge is 0.370 e. The van der Waals surface area contributed by atoms with E-state index in [0.29, 0.717) is 28.6 Å². The fourth-order valence-electron chi connectivity index (χ4n) is 3.83. The van der Waals surface area contributed by atoms with Gasteiger partial charge in [0.25, 0.3) is 0 Å². The summed E-state index contributed by atoms with van der Waals surface area (Å²) in [5.74, 6) is 1.36. The minimum atomic E-state index is -0.256. The van der Waals surface area contributed by atoms with Crippen molar-refractivity contribution in [1.82, 2.24) is 15.0 Å². The molecule has 0 radical (unpaired) electrons. The lowest BCUT2D eigenvalue weighted by Gasteiger charge is -2.31. The van der Waals surface area contributed by atoms with Gasteiger partial charge in [-0.1, -0.05) is 6.92 Å². The third kappa shape index (κ3) is 4.90. The van der Waals surface area contributed by atoms with Crippen LogP contribution in [0.25, 0.3) is 5.57 Å². The molecular weight excluding hydrogens is 378 g/mol. The summed E-state index contributed by atoms with van der Waals surface area (Å²) < 4.78 is 0. The molecule has 7 heteroatoms. The third-order valence-corrected chi connectivity index (χ3v) is 5.60. The van der Waals surface area contributed by atoms with E-state index in [1.165, 1.54) is 26.7 Å². The van der Waals surface area contributed by atoms with Gasteiger partial charge in [-0.25, -0.2) is 15.0 Å². The van der Waals surface area contributed by atoms with E-state index < -0.39 is 0 Å². The predicted molar refractivity (Wildman–Crippen MR) is 119 cm³/mol. The molecule has 1 aliphatic heterocycles. The van der Waals surface area contributed by atoms with Crippen LogP contribution in [0.1, 0.15) is 51.8 Å².